The van der Waals surface area contributed by atoms with Crippen LogP contribution in [0.2, 0.25) is 0 Å². The summed E-state index contributed by atoms with van der Waals surface area (Å²) in [7, 11) is 0. The fourth-order valence-electron chi connectivity index (χ4n) is 5.42. The third-order valence-electron chi connectivity index (χ3n) is 7.41. The van der Waals surface area contributed by atoms with Gasteiger partial charge in [-0.25, -0.2) is 0 Å². The summed E-state index contributed by atoms with van der Waals surface area (Å²) >= 11 is 0. The van der Waals surface area contributed by atoms with E-state index in [9.17, 15) is 9.59 Å². The fraction of sp³-hybridized carbons (Fsp3) is 0.680. The van der Waals surface area contributed by atoms with Crippen LogP contribution in [-0.2, 0) is 20.7 Å². The molecule has 3 aliphatic rings. The Morgan fingerprint density at radius 2 is 1.87 bits per heavy atom. The van der Waals surface area contributed by atoms with Gasteiger partial charge in [-0.1, -0.05) is 30.3 Å². The molecule has 3 fully saturated rings. The number of benzene rings is 1. The van der Waals surface area contributed by atoms with Crippen molar-refractivity contribution >= 4 is 11.8 Å². The van der Waals surface area contributed by atoms with Gasteiger partial charge in [-0.3, -0.25) is 9.59 Å². The molecule has 1 saturated carbocycles. The van der Waals surface area contributed by atoms with Gasteiger partial charge in [0.2, 0.25) is 11.8 Å². The number of nitrogens with zero attached hydrogens (tertiary/aromatic N) is 1. The molecule has 1 aliphatic carbocycles. The van der Waals surface area contributed by atoms with Crippen LogP contribution >= 0.6 is 0 Å². The van der Waals surface area contributed by atoms with E-state index in [0.29, 0.717) is 12.5 Å². The molecule has 0 unspecified atom stereocenters. The molecule has 2 amide bonds. The molecule has 2 aliphatic heterocycles. The van der Waals surface area contributed by atoms with Crippen molar-refractivity contribution in [3.63, 3.8) is 0 Å². The van der Waals surface area contributed by atoms with Crippen molar-refractivity contribution < 1.29 is 14.3 Å². The Morgan fingerprint density at radius 1 is 1.13 bits per heavy atom. The highest BCUT2D eigenvalue weighted by Gasteiger charge is 2.58. The van der Waals surface area contributed by atoms with Gasteiger partial charge in [0.25, 0.3) is 0 Å². The van der Waals surface area contributed by atoms with Crippen molar-refractivity contribution in [1.82, 2.24) is 10.2 Å². The van der Waals surface area contributed by atoms with E-state index >= 15 is 0 Å². The van der Waals surface area contributed by atoms with Crippen LogP contribution in [0.4, 0.5) is 0 Å². The molecule has 1 spiro atoms. The van der Waals surface area contributed by atoms with Crippen molar-refractivity contribution in [2.45, 2.75) is 64.4 Å². The van der Waals surface area contributed by atoms with Gasteiger partial charge in [0.15, 0.2) is 0 Å². The first-order chi connectivity index (χ1) is 14.4. The predicted molar refractivity (Wildman–Crippen MR) is 117 cm³/mol. The van der Waals surface area contributed by atoms with E-state index in [1.165, 1.54) is 5.56 Å². The lowest BCUT2D eigenvalue weighted by molar-refractivity contribution is -0.147. The number of carbonyl (C=O) groups is 2. The predicted octanol–water partition coefficient (Wildman–Crippen LogP) is 3.57. The monoisotopic (exact) mass is 412 g/mol. The zero-order valence-electron chi connectivity index (χ0n) is 18.5. The van der Waals surface area contributed by atoms with Crippen molar-refractivity contribution in [2.24, 2.45) is 17.3 Å². The molecule has 164 valence electrons. The number of amides is 2. The first-order valence-electron chi connectivity index (χ1n) is 11.6. The minimum absolute atomic E-state index is 0.0886. The van der Waals surface area contributed by atoms with Gasteiger partial charge >= 0.3 is 0 Å². The molecule has 30 heavy (non-hydrogen) atoms. The molecule has 2 saturated heterocycles. The van der Waals surface area contributed by atoms with Crippen LogP contribution in [-0.4, -0.2) is 48.6 Å². The first-order valence-corrected chi connectivity index (χ1v) is 11.6. The Balaban J connectivity index is 1.18. The molecule has 1 aromatic carbocycles. The smallest absolute Gasteiger partial charge is 0.225 e. The number of nitrogens with one attached hydrogen (secondary N) is 1. The summed E-state index contributed by atoms with van der Waals surface area (Å²) in [5.74, 6) is 0.747. The molecular formula is C25H36N2O3. The maximum absolute atomic E-state index is 13.0. The van der Waals surface area contributed by atoms with E-state index in [1.54, 1.807) is 0 Å². The van der Waals surface area contributed by atoms with Gasteiger partial charge in [-0.15, -0.1) is 0 Å². The van der Waals surface area contributed by atoms with E-state index in [2.05, 4.69) is 43.4 Å². The number of aryl methyl sites for hydroxylation is 1. The molecule has 4 rings (SSSR count). The average Bonchev–Trinajstić information content (AvgIpc) is 3.44. The van der Waals surface area contributed by atoms with Gasteiger partial charge in [0.05, 0.1) is 5.60 Å². The zero-order valence-corrected chi connectivity index (χ0v) is 18.5. The minimum atomic E-state index is -0.199. The van der Waals surface area contributed by atoms with E-state index in [0.717, 1.165) is 64.6 Å². The highest BCUT2D eigenvalue weighted by atomic mass is 16.5. The lowest BCUT2D eigenvalue weighted by Gasteiger charge is -2.39. The lowest BCUT2D eigenvalue weighted by atomic mass is 9.85. The molecule has 1 aromatic rings. The zero-order chi connectivity index (χ0) is 21.2. The Morgan fingerprint density at radius 3 is 2.57 bits per heavy atom. The molecule has 2 heterocycles. The Bertz CT molecular complexity index is 753. The van der Waals surface area contributed by atoms with Crippen LogP contribution < -0.4 is 5.32 Å². The van der Waals surface area contributed by atoms with Crippen molar-refractivity contribution in [3.05, 3.63) is 35.9 Å². The second-order valence-electron chi connectivity index (χ2n) is 10.1. The third kappa shape index (κ3) is 4.88. The van der Waals surface area contributed by atoms with Crippen LogP contribution in [0.15, 0.2) is 30.3 Å². The minimum Gasteiger partial charge on any atom is -0.376 e. The van der Waals surface area contributed by atoms with E-state index < -0.39 is 0 Å². The van der Waals surface area contributed by atoms with Crippen LogP contribution in [0, 0.1) is 17.3 Å². The number of hydrogen-bond donors (Lipinski definition) is 1. The number of ether oxygens (including phenoxy) is 1. The first kappa shape index (κ1) is 21.4. The van der Waals surface area contributed by atoms with E-state index in [1.807, 2.05) is 11.0 Å². The normalized spacial score (nSPS) is 26.9. The standard InChI is InChI=1S/C25H36N2O3/c1-24(2)17-20(10-16-30-24)23(29)27-14-11-25(12-15-27)18-21(25)22(28)26-13-6-9-19-7-4-3-5-8-19/h3-5,7-8,20-21H,6,9-18H2,1-2H3,(H,26,28)/t20-,21+/m1/s1. The van der Waals surface area contributed by atoms with Crippen molar-refractivity contribution in [1.29, 1.82) is 0 Å². The van der Waals surface area contributed by atoms with E-state index in [4.69, 9.17) is 4.74 Å². The maximum atomic E-state index is 13.0. The highest BCUT2D eigenvalue weighted by molar-refractivity contribution is 5.83. The van der Waals surface area contributed by atoms with Crippen molar-refractivity contribution in [3.8, 4) is 0 Å². The second-order valence-corrected chi connectivity index (χ2v) is 10.1. The SMILES string of the molecule is CC1(C)C[C@H](C(=O)N2CCC3(CC2)C[C@H]3C(=O)NCCCc2ccccc2)CCO1. The summed E-state index contributed by atoms with van der Waals surface area (Å²) in [5, 5.41) is 3.15. The van der Waals surface area contributed by atoms with Crippen LogP contribution in [0.5, 0.6) is 0 Å². The maximum Gasteiger partial charge on any atom is 0.225 e. The second kappa shape index (κ2) is 8.70. The van der Waals surface area contributed by atoms with E-state index in [-0.39, 0.29) is 28.8 Å². The lowest BCUT2D eigenvalue weighted by Crippen LogP contribution is -2.47. The van der Waals surface area contributed by atoms with Crippen molar-refractivity contribution in [2.75, 3.05) is 26.2 Å². The molecule has 5 heteroatoms. The summed E-state index contributed by atoms with van der Waals surface area (Å²) < 4.78 is 5.77. The number of piperidine rings is 1. The Labute approximate surface area is 180 Å². The molecule has 1 N–H and O–H groups in total. The van der Waals surface area contributed by atoms with Crippen LogP contribution in [0.25, 0.3) is 0 Å². The number of rotatable bonds is 6. The summed E-state index contributed by atoms with van der Waals surface area (Å²) in [5.41, 5.74) is 1.27. The average molecular weight is 413 g/mol. The molecule has 5 nitrogen and oxygen atoms in total. The quantitative estimate of drug-likeness (QED) is 0.727. The summed E-state index contributed by atoms with van der Waals surface area (Å²) in [6, 6.07) is 10.4. The van der Waals surface area contributed by atoms with Gasteiger partial charge in [-0.05, 0) is 69.8 Å². The molecule has 0 radical (unpaired) electrons. The summed E-state index contributed by atoms with van der Waals surface area (Å²) in [4.78, 5) is 27.6. The largest absolute Gasteiger partial charge is 0.376 e. The third-order valence-corrected chi connectivity index (χ3v) is 7.41. The number of hydrogen-bond acceptors (Lipinski definition) is 3. The van der Waals surface area contributed by atoms with Crippen LogP contribution in [0.1, 0.15) is 57.9 Å². The molecule has 2 atom stereocenters. The Hall–Kier alpha value is -1.88. The van der Waals surface area contributed by atoms with Gasteiger partial charge in [-0.2, -0.15) is 0 Å². The summed E-state index contributed by atoms with van der Waals surface area (Å²) in [6.45, 7) is 7.16. The Kier molecular flexibility index (Phi) is 6.19. The number of carbonyl (C=O) groups excluding carboxylic acids is 2. The molecule has 0 aromatic heterocycles. The molecular weight excluding hydrogens is 376 g/mol. The van der Waals surface area contributed by atoms with Gasteiger partial charge in [0.1, 0.15) is 0 Å². The van der Waals surface area contributed by atoms with Gasteiger partial charge < -0.3 is 15.0 Å². The van der Waals surface area contributed by atoms with Gasteiger partial charge in [0, 0.05) is 38.1 Å². The topological polar surface area (TPSA) is 58.6 Å². The number of likely N-dealkylation sites (tertiary alicyclic amines) is 1. The van der Waals surface area contributed by atoms with Crippen LogP contribution in [0.3, 0.4) is 0 Å². The molecule has 0 bridgehead atoms. The highest BCUT2D eigenvalue weighted by Crippen LogP contribution is 2.59. The summed E-state index contributed by atoms with van der Waals surface area (Å²) in [6.07, 6.45) is 6.53. The fourth-order valence-corrected chi connectivity index (χ4v) is 5.42.